The Morgan fingerprint density at radius 2 is 2.14 bits per heavy atom. The minimum atomic E-state index is 0.411. The van der Waals surface area contributed by atoms with Crippen LogP contribution < -0.4 is 10.1 Å². The summed E-state index contributed by atoms with van der Waals surface area (Å²) in [4.78, 5) is 0. The molecule has 1 saturated carbocycles. The summed E-state index contributed by atoms with van der Waals surface area (Å²) in [5.74, 6) is 1.00. The van der Waals surface area contributed by atoms with Gasteiger partial charge in [0.15, 0.2) is 0 Å². The van der Waals surface area contributed by atoms with Gasteiger partial charge in [0, 0.05) is 6.04 Å². The Balaban J connectivity index is 1.87. The average molecular weight is 191 g/mol. The Kier molecular flexibility index (Phi) is 2.73. The monoisotopic (exact) mass is 191 g/mol. The second kappa shape index (κ2) is 4.01. The second-order valence-corrected chi connectivity index (χ2v) is 4.01. The van der Waals surface area contributed by atoms with Crippen LogP contribution in [0.4, 0.5) is 0 Å². The van der Waals surface area contributed by atoms with Gasteiger partial charge in [-0.25, -0.2) is 0 Å². The fourth-order valence-corrected chi connectivity index (χ4v) is 1.78. The van der Waals surface area contributed by atoms with Gasteiger partial charge in [0.05, 0.1) is 0 Å². The lowest BCUT2D eigenvalue weighted by atomic mass is 9.89. The molecule has 1 aliphatic carbocycles. The molecule has 76 valence electrons. The third-order valence-electron chi connectivity index (χ3n) is 2.80. The standard InChI is InChI=1S/C12H17NO/c1-9-4-3-5-11(6-9)14-12-7-10(8-12)13-2/h3-6,10,12-13H,7-8H2,1-2H3/t10-,12-. The molecule has 0 saturated heterocycles. The molecular formula is C12H17NO. The molecule has 0 aromatic heterocycles. The Morgan fingerprint density at radius 3 is 2.79 bits per heavy atom. The Labute approximate surface area is 85.3 Å². The van der Waals surface area contributed by atoms with Gasteiger partial charge in [-0.15, -0.1) is 0 Å². The summed E-state index contributed by atoms with van der Waals surface area (Å²) < 4.78 is 5.82. The molecule has 1 aromatic carbocycles. The molecule has 1 fully saturated rings. The van der Waals surface area contributed by atoms with Gasteiger partial charge in [-0.3, -0.25) is 0 Å². The topological polar surface area (TPSA) is 21.3 Å². The number of nitrogens with one attached hydrogen (secondary N) is 1. The fourth-order valence-electron chi connectivity index (χ4n) is 1.78. The predicted molar refractivity (Wildman–Crippen MR) is 57.7 cm³/mol. The highest BCUT2D eigenvalue weighted by atomic mass is 16.5. The summed E-state index contributed by atoms with van der Waals surface area (Å²) >= 11 is 0. The maximum atomic E-state index is 5.82. The van der Waals surface area contributed by atoms with Crippen LogP contribution in [0.15, 0.2) is 24.3 Å². The minimum absolute atomic E-state index is 0.411. The van der Waals surface area contributed by atoms with Crippen LogP contribution in [0.5, 0.6) is 5.75 Å². The van der Waals surface area contributed by atoms with Crippen molar-refractivity contribution in [1.29, 1.82) is 0 Å². The first kappa shape index (κ1) is 9.53. The smallest absolute Gasteiger partial charge is 0.119 e. The highest BCUT2D eigenvalue weighted by Crippen LogP contribution is 2.25. The second-order valence-electron chi connectivity index (χ2n) is 4.01. The first-order valence-electron chi connectivity index (χ1n) is 5.18. The largest absolute Gasteiger partial charge is 0.490 e. The molecule has 0 unspecified atom stereocenters. The van der Waals surface area contributed by atoms with E-state index in [1.165, 1.54) is 5.56 Å². The number of aryl methyl sites for hydroxylation is 1. The Bertz CT molecular complexity index is 305. The molecule has 2 rings (SSSR count). The van der Waals surface area contributed by atoms with Crippen LogP contribution in [0.25, 0.3) is 0 Å². The van der Waals surface area contributed by atoms with Crippen LogP contribution in [0.2, 0.25) is 0 Å². The van der Waals surface area contributed by atoms with E-state index in [0.717, 1.165) is 18.6 Å². The van der Waals surface area contributed by atoms with E-state index in [0.29, 0.717) is 12.1 Å². The average Bonchev–Trinajstić information content (AvgIpc) is 2.10. The van der Waals surface area contributed by atoms with Crippen molar-refractivity contribution in [2.45, 2.75) is 31.9 Å². The number of benzene rings is 1. The fraction of sp³-hybridized carbons (Fsp3) is 0.500. The summed E-state index contributed by atoms with van der Waals surface area (Å²) in [5, 5.41) is 3.25. The van der Waals surface area contributed by atoms with Crippen molar-refractivity contribution >= 4 is 0 Å². The highest BCUT2D eigenvalue weighted by Gasteiger charge is 2.29. The molecular weight excluding hydrogens is 174 g/mol. The maximum absolute atomic E-state index is 5.82. The van der Waals surface area contributed by atoms with E-state index < -0.39 is 0 Å². The van der Waals surface area contributed by atoms with Crippen LogP contribution in [0.1, 0.15) is 18.4 Å². The third-order valence-corrected chi connectivity index (χ3v) is 2.80. The third kappa shape index (κ3) is 2.07. The predicted octanol–water partition coefficient (Wildman–Crippen LogP) is 2.12. The van der Waals surface area contributed by atoms with E-state index in [9.17, 15) is 0 Å². The maximum Gasteiger partial charge on any atom is 0.119 e. The van der Waals surface area contributed by atoms with Crippen molar-refractivity contribution in [3.05, 3.63) is 29.8 Å². The van der Waals surface area contributed by atoms with Crippen molar-refractivity contribution in [2.75, 3.05) is 7.05 Å². The van der Waals surface area contributed by atoms with E-state index in [-0.39, 0.29) is 0 Å². The molecule has 14 heavy (non-hydrogen) atoms. The number of rotatable bonds is 3. The van der Waals surface area contributed by atoms with Crippen LogP contribution in [-0.4, -0.2) is 19.2 Å². The van der Waals surface area contributed by atoms with Gasteiger partial charge in [0.25, 0.3) is 0 Å². The molecule has 0 amide bonds. The van der Waals surface area contributed by atoms with Gasteiger partial charge in [-0.05, 0) is 44.5 Å². The van der Waals surface area contributed by atoms with Gasteiger partial charge in [-0.2, -0.15) is 0 Å². The van der Waals surface area contributed by atoms with Crippen LogP contribution in [0, 0.1) is 6.92 Å². The van der Waals surface area contributed by atoms with Crippen molar-refractivity contribution < 1.29 is 4.74 Å². The number of hydrogen-bond acceptors (Lipinski definition) is 2. The Morgan fingerprint density at radius 1 is 1.36 bits per heavy atom. The van der Waals surface area contributed by atoms with Crippen LogP contribution >= 0.6 is 0 Å². The molecule has 0 radical (unpaired) electrons. The van der Waals surface area contributed by atoms with E-state index in [1.807, 2.05) is 19.2 Å². The lowest BCUT2D eigenvalue weighted by molar-refractivity contribution is 0.0884. The summed E-state index contributed by atoms with van der Waals surface area (Å²) in [6.07, 6.45) is 2.67. The first-order valence-corrected chi connectivity index (χ1v) is 5.18. The van der Waals surface area contributed by atoms with E-state index in [2.05, 4.69) is 24.4 Å². The van der Waals surface area contributed by atoms with Gasteiger partial charge in [-0.1, -0.05) is 12.1 Å². The molecule has 0 aliphatic heterocycles. The molecule has 0 bridgehead atoms. The molecule has 1 N–H and O–H groups in total. The van der Waals surface area contributed by atoms with Crippen molar-refractivity contribution in [3.8, 4) is 5.75 Å². The number of ether oxygens (including phenoxy) is 1. The van der Waals surface area contributed by atoms with Crippen molar-refractivity contribution in [2.24, 2.45) is 0 Å². The summed E-state index contributed by atoms with van der Waals surface area (Å²) in [7, 11) is 2.01. The van der Waals surface area contributed by atoms with E-state index in [4.69, 9.17) is 4.74 Å². The first-order chi connectivity index (χ1) is 6.78. The quantitative estimate of drug-likeness (QED) is 0.790. The lowest BCUT2D eigenvalue weighted by Gasteiger charge is -2.35. The molecule has 0 spiro atoms. The van der Waals surface area contributed by atoms with Gasteiger partial charge in [0.1, 0.15) is 11.9 Å². The molecule has 1 aromatic rings. The summed E-state index contributed by atoms with van der Waals surface area (Å²) in [5.41, 5.74) is 1.26. The zero-order valence-electron chi connectivity index (χ0n) is 8.79. The van der Waals surface area contributed by atoms with Gasteiger partial charge < -0.3 is 10.1 Å². The minimum Gasteiger partial charge on any atom is -0.490 e. The zero-order valence-corrected chi connectivity index (χ0v) is 8.79. The summed E-state index contributed by atoms with van der Waals surface area (Å²) in [6, 6.07) is 8.90. The van der Waals surface area contributed by atoms with Crippen molar-refractivity contribution in [3.63, 3.8) is 0 Å². The highest BCUT2D eigenvalue weighted by molar-refractivity contribution is 5.27. The molecule has 0 atom stereocenters. The van der Waals surface area contributed by atoms with E-state index in [1.54, 1.807) is 0 Å². The van der Waals surface area contributed by atoms with Crippen molar-refractivity contribution in [1.82, 2.24) is 5.32 Å². The molecule has 2 nitrogen and oxygen atoms in total. The Hall–Kier alpha value is -1.02. The SMILES string of the molecule is CN[C@H]1C[C@H](Oc2cccc(C)c2)C1. The molecule has 1 aliphatic rings. The summed E-state index contributed by atoms with van der Waals surface area (Å²) in [6.45, 7) is 2.09. The molecule has 0 heterocycles. The normalized spacial score (nSPS) is 25.6. The zero-order chi connectivity index (χ0) is 9.97. The number of hydrogen-bond donors (Lipinski definition) is 1. The van der Waals surface area contributed by atoms with Crippen LogP contribution in [-0.2, 0) is 0 Å². The van der Waals surface area contributed by atoms with Crippen LogP contribution in [0.3, 0.4) is 0 Å². The van der Waals surface area contributed by atoms with Gasteiger partial charge >= 0.3 is 0 Å². The van der Waals surface area contributed by atoms with E-state index >= 15 is 0 Å². The lowest BCUT2D eigenvalue weighted by Crippen LogP contribution is -2.45. The van der Waals surface area contributed by atoms with Gasteiger partial charge in [0.2, 0.25) is 0 Å². The molecule has 2 heteroatoms.